The number of nitrogens with zero attached hydrogens (tertiary/aromatic N) is 1. The Hall–Kier alpha value is -1.82. The van der Waals surface area contributed by atoms with Crippen molar-refractivity contribution in [2.75, 3.05) is 26.8 Å². The van der Waals surface area contributed by atoms with Gasteiger partial charge in [0.2, 0.25) is 0 Å². The Bertz CT molecular complexity index is 467. The Morgan fingerprint density at radius 3 is 3.00 bits per heavy atom. The molecule has 6 heteroatoms. The normalized spacial score (nSPS) is 18.6. The van der Waals surface area contributed by atoms with Crippen molar-refractivity contribution in [2.45, 2.75) is 12.5 Å². The van der Waals surface area contributed by atoms with Crippen LogP contribution in [-0.2, 0) is 0 Å². The zero-order valence-corrected chi connectivity index (χ0v) is 10.7. The maximum atomic E-state index is 13.6. The third kappa shape index (κ3) is 2.96. The van der Waals surface area contributed by atoms with Gasteiger partial charge in [-0.25, -0.2) is 9.18 Å². The van der Waals surface area contributed by atoms with Gasteiger partial charge in [0.05, 0.1) is 13.2 Å². The molecule has 0 spiro atoms. The van der Waals surface area contributed by atoms with Gasteiger partial charge in [0.25, 0.3) is 0 Å². The van der Waals surface area contributed by atoms with E-state index in [1.807, 2.05) is 0 Å². The second kappa shape index (κ2) is 5.88. The van der Waals surface area contributed by atoms with Gasteiger partial charge in [0, 0.05) is 19.7 Å². The van der Waals surface area contributed by atoms with E-state index in [0.29, 0.717) is 25.1 Å². The highest BCUT2D eigenvalue weighted by molar-refractivity contribution is 5.77. The SMILES string of the molecule is COc1ccc(C2CN(CCCO)C(=O)N2)cc1F. The molecule has 1 aliphatic heterocycles. The molecule has 0 bridgehead atoms. The number of halogens is 1. The largest absolute Gasteiger partial charge is 0.494 e. The molecule has 1 saturated heterocycles. The fourth-order valence-corrected chi connectivity index (χ4v) is 2.13. The summed E-state index contributed by atoms with van der Waals surface area (Å²) in [5, 5.41) is 11.6. The molecule has 2 rings (SSSR count). The van der Waals surface area contributed by atoms with Gasteiger partial charge in [0.15, 0.2) is 11.6 Å². The van der Waals surface area contributed by atoms with Crippen LogP contribution < -0.4 is 10.1 Å². The molecule has 0 radical (unpaired) electrons. The van der Waals surface area contributed by atoms with E-state index in [-0.39, 0.29) is 24.4 Å². The van der Waals surface area contributed by atoms with Crippen molar-refractivity contribution < 1.29 is 19.0 Å². The van der Waals surface area contributed by atoms with Crippen molar-refractivity contribution in [3.63, 3.8) is 0 Å². The lowest BCUT2D eigenvalue weighted by molar-refractivity contribution is 0.209. The summed E-state index contributed by atoms with van der Waals surface area (Å²) < 4.78 is 18.5. The number of nitrogens with one attached hydrogen (secondary N) is 1. The first-order valence-electron chi connectivity index (χ1n) is 6.15. The Kier molecular flexibility index (Phi) is 4.21. The number of methoxy groups -OCH3 is 1. The first-order chi connectivity index (χ1) is 9.15. The minimum absolute atomic E-state index is 0.0472. The molecular weight excluding hydrogens is 251 g/mol. The molecule has 0 saturated carbocycles. The maximum Gasteiger partial charge on any atom is 0.318 e. The first kappa shape index (κ1) is 13.6. The van der Waals surface area contributed by atoms with Crippen molar-refractivity contribution in [3.05, 3.63) is 29.6 Å². The minimum Gasteiger partial charge on any atom is -0.494 e. The lowest BCUT2D eigenvalue weighted by atomic mass is 10.1. The van der Waals surface area contributed by atoms with Crippen molar-refractivity contribution >= 4 is 6.03 Å². The summed E-state index contributed by atoms with van der Waals surface area (Å²) in [5.41, 5.74) is 0.707. The quantitative estimate of drug-likeness (QED) is 0.845. The summed E-state index contributed by atoms with van der Waals surface area (Å²) in [4.78, 5) is 13.3. The summed E-state index contributed by atoms with van der Waals surface area (Å²) >= 11 is 0. The molecule has 0 aliphatic carbocycles. The van der Waals surface area contributed by atoms with Gasteiger partial charge in [-0.15, -0.1) is 0 Å². The fourth-order valence-electron chi connectivity index (χ4n) is 2.13. The van der Waals surface area contributed by atoms with E-state index in [0.717, 1.165) is 0 Å². The molecule has 2 N–H and O–H groups in total. The molecule has 2 amide bonds. The summed E-state index contributed by atoms with van der Waals surface area (Å²) in [6.45, 7) is 1.02. The third-order valence-electron chi connectivity index (χ3n) is 3.15. The molecule has 1 aromatic rings. The summed E-state index contributed by atoms with van der Waals surface area (Å²) in [6.07, 6.45) is 0.539. The number of hydrogen-bond acceptors (Lipinski definition) is 3. The van der Waals surface area contributed by atoms with Gasteiger partial charge in [-0.3, -0.25) is 0 Å². The van der Waals surface area contributed by atoms with Crippen LogP contribution in [0, 0.1) is 5.82 Å². The number of ether oxygens (including phenoxy) is 1. The van der Waals surface area contributed by atoms with Crippen molar-refractivity contribution in [1.82, 2.24) is 10.2 Å². The molecule has 1 aromatic carbocycles. The van der Waals surface area contributed by atoms with Crippen LogP contribution in [0.1, 0.15) is 18.0 Å². The van der Waals surface area contributed by atoms with Crippen LogP contribution in [0.4, 0.5) is 9.18 Å². The molecule has 1 atom stereocenters. The van der Waals surface area contributed by atoms with E-state index in [1.54, 1.807) is 17.0 Å². The molecule has 104 valence electrons. The topological polar surface area (TPSA) is 61.8 Å². The van der Waals surface area contributed by atoms with Gasteiger partial charge in [-0.05, 0) is 24.1 Å². The molecule has 0 aromatic heterocycles. The third-order valence-corrected chi connectivity index (χ3v) is 3.15. The number of urea groups is 1. The van der Waals surface area contributed by atoms with E-state index >= 15 is 0 Å². The predicted molar refractivity (Wildman–Crippen MR) is 67.5 cm³/mol. The average Bonchev–Trinajstić information content (AvgIpc) is 2.77. The zero-order chi connectivity index (χ0) is 13.8. The second-order valence-corrected chi connectivity index (χ2v) is 4.42. The van der Waals surface area contributed by atoms with Crippen LogP contribution in [0.25, 0.3) is 0 Å². The number of aliphatic hydroxyl groups excluding tert-OH is 1. The fraction of sp³-hybridized carbons (Fsp3) is 0.462. The van der Waals surface area contributed by atoms with E-state index in [4.69, 9.17) is 9.84 Å². The van der Waals surface area contributed by atoms with E-state index in [2.05, 4.69) is 5.32 Å². The van der Waals surface area contributed by atoms with Gasteiger partial charge < -0.3 is 20.1 Å². The second-order valence-electron chi connectivity index (χ2n) is 4.42. The molecule has 1 aliphatic rings. The highest BCUT2D eigenvalue weighted by Crippen LogP contribution is 2.25. The van der Waals surface area contributed by atoms with Crippen molar-refractivity contribution in [1.29, 1.82) is 0 Å². The first-order valence-corrected chi connectivity index (χ1v) is 6.15. The lowest BCUT2D eigenvalue weighted by Crippen LogP contribution is -2.29. The van der Waals surface area contributed by atoms with Gasteiger partial charge in [-0.2, -0.15) is 0 Å². The average molecular weight is 268 g/mol. The Morgan fingerprint density at radius 2 is 2.37 bits per heavy atom. The lowest BCUT2D eigenvalue weighted by Gasteiger charge is -2.14. The molecule has 1 unspecified atom stereocenters. The van der Waals surface area contributed by atoms with Crippen LogP contribution in [0.3, 0.4) is 0 Å². The highest BCUT2D eigenvalue weighted by Gasteiger charge is 2.29. The van der Waals surface area contributed by atoms with E-state index in [9.17, 15) is 9.18 Å². The van der Waals surface area contributed by atoms with Crippen LogP contribution in [0.15, 0.2) is 18.2 Å². The van der Waals surface area contributed by atoms with Crippen LogP contribution >= 0.6 is 0 Å². The highest BCUT2D eigenvalue weighted by atomic mass is 19.1. The van der Waals surface area contributed by atoms with Crippen molar-refractivity contribution in [3.8, 4) is 5.75 Å². The predicted octanol–water partition coefficient (Wildman–Crippen LogP) is 1.28. The summed E-state index contributed by atoms with van der Waals surface area (Å²) in [5.74, 6) is -0.256. The number of carbonyl (C=O) groups is 1. The molecule has 1 heterocycles. The van der Waals surface area contributed by atoms with Gasteiger partial charge >= 0.3 is 6.03 Å². The number of rotatable bonds is 5. The molecule has 1 fully saturated rings. The number of carbonyl (C=O) groups excluding carboxylic acids is 1. The van der Waals surface area contributed by atoms with Gasteiger partial charge in [0.1, 0.15) is 0 Å². The molecule has 19 heavy (non-hydrogen) atoms. The number of amides is 2. The smallest absolute Gasteiger partial charge is 0.318 e. The Balaban J connectivity index is 2.07. The number of benzene rings is 1. The maximum absolute atomic E-state index is 13.6. The number of aliphatic hydroxyl groups is 1. The summed E-state index contributed by atoms with van der Waals surface area (Å²) in [7, 11) is 1.41. The van der Waals surface area contributed by atoms with Crippen LogP contribution in [0.2, 0.25) is 0 Å². The Labute approximate surface area is 111 Å². The monoisotopic (exact) mass is 268 g/mol. The zero-order valence-electron chi connectivity index (χ0n) is 10.7. The van der Waals surface area contributed by atoms with Gasteiger partial charge in [-0.1, -0.05) is 6.07 Å². The van der Waals surface area contributed by atoms with E-state index in [1.165, 1.54) is 13.2 Å². The van der Waals surface area contributed by atoms with E-state index < -0.39 is 5.82 Å². The Morgan fingerprint density at radius 1 is 1.58 bits per heavy atom. The standard InChI is InChI=1S/C13H17FN2O3/c1-19-12-4-3-9(7-10(12)14)11-8-16(5-2-6-17)13(18)15-11/h3-4,7,11,17H,2,5-6,8H2,1H3,(H,15,18). The molecular formula is C13H17FN2O3. The molecule has 5 nitrogen and oxygen atoms in total. The van der Waals surface area contributed by atoms with Crippen LogP contribution in [-0.4, -0.2) is 42.8 Å². The summed E-state index contributed by atoms with van der Waals surface area (Å²) in [6, 6.07) is 4.25. The van der Waals surface area contributed by atoms with Crippen LogP contribution in [0.5, 0.6) is 5.75 Å². The van der Waals surface area contributed by atoms with Crippen molar-refractivity contribution in [2.24, 2.45) is 0 Å². The number of hydrogen-bond donors (Lipinski definition) is 2. The minimum atomic E-state index is -0.442.